The minimum atomic E-state index is 0.0119. The Morgan fingerprint density at radius 2 is 2.04 bits per heavy atom. The molecule has 3 heterocycles. The third kappa shape index (κ3) is 2.93. The van der Waals surface area contributed by atoms with Crippen LogP contribution in [0.5, 0.6) is 0 Å². The first-order valence-electron chi connectivity index (χ1n) is 8.93. The maximum absolute atomic E-state index is 12.8. The number of benzene rings is 1. The van der Waals surface area contributed by atoms with Crippen LogP contribution in [0.4, 0.5) is 0 Å². The van der Waals surface area contributed by atoms with Crippen molar-refractivity contribution in [3.05, 3.63) is 65.6 Å². The minimum absolute atomic E-state index is 0.0119. The molecule has 0 radical (unpaired) electrons. The summed E-state index contributed by atoms with van der Waals surface area (Å²) in [6.45, 7) is 6.88. The van der Waals surface area contributed by atoms with Gasteiger partial charge in [0.2, 0.25) is 0 Å². The molecule has 0 unspecified atom stereocenters. The second-order valence-corrected chi connectivity index (χ2v) is 7.20. The van der Waals surface area contributed by atoms with Crippen molar-refractivity contribution in [3.8, 4) is 0 Å². The lowest BCUT2D eigenvalue weighted by Gasteiger charge is -2.21. The Morgan fingerprint density at radius 3 is 2.80 bits per heavy atom. The van der Waals surface area contributed by atoms with E-state index in [1.54, 1.807) is 12.3 Å². The number of carbonyl (C=O) groups excluding carboxylic acids is 1. The van der Waals surface area contributed by atoms with Gasteiger partial charge in [0.15, 0.2) is 0 Å². The van der Waals surface area contributed by atoms with Crippen LogP contribution in [0.2, 0.25) is 0 Å². The summed E-state index contributed by atoms with van der Waals surface area (Å²) < 4.78 is 2.37. The molecule has 4 heteroatoms. The van der Waals surface area contributed by atoms with Crippen molar-refractivity contribution in [3.63, 3.8) is 0 Å². The summed E-state index contributed by atoms with van der Waals surface area (Å²) in [5.41, 5.74) is 4.39. The highest BCUT2D eigenvalue weighted by atomic mass is 16.2. The zero-order valence-corrected chi connectivity index (χ0v) is 14.8. The van der Waals surface area contributed by atoms with E-state index in [0.717, 1.165) is 19.5 Å². The molecule has 2 aromatic heterocycles. The monoisotopic (exact) mass is 333 g/mol. The molecule has 1 amide bonds. The van der Waals surface area contributed by atoms with Gasteiger partial charge in [-0.2, -0.15) is 0 Å². The van der Waals surface area contributed by atoms with Gasteiger partial charge in [-0.25, -0.2) is 0 Å². The third-order valence-electron chi connectivity index (χ3n) is 4.82. The molecule has 128 valence electrons. The molecular weight excluding hydrogens is 310 g/mol. The Bertz CT molecular complexity index is 912. The van der Waals surface area contributed by atoms with Crippen LogP contribution in [-0.4, -0.2) is 26.9 Å². The van der Waals surface area contributed by atoms with Gasteiger partial charge in [-0.1, -0.05) is 32.0 Å². The fourth-order valence-corrected chi connectivity index (χ4v) is 3.75. The average Bonchev–Trinajstić information content (AvgIpc) is 2.85. The fourth-order valence-electron chi connectivity index (χ4n) is 3.75. The van der Waals surface area contributed by atoms with Gasteiger partial charge in [0.05, 0.1) is 0 Å². The lowest BCUT2D eigenvalue weighted by atomic mass is 10.1. The van der Waals surface area contributed by atoms with Crippen LogP contribution in [0.15, 0.2) is 48.8 Å². The zero-order chi connectivity index (χ0) is 17.4. The number of aromatic nitrogens is 2. The van der Waals surface area contributed by atoms with Crippen LogP contribution in [0.3, 0.4) is 0 Å². The second-order valence-electron chi connectivity index (χ2n) is 7.20. The molecule has 0 N–H and O–H groups in total. The lowest BCUT2D eigenvalue weighted by molar-refractivity contribution is 0.0742. The molecular formula is C21H23N3O. The molecule has 3 aromatic rings. The fraction of sp³-hybridized carbons (Fsp3) is 0.333. The first kappa shape index (κ1) is 15.9. The number of hydrogen-bond acceptors (Lipinski definition) is 2. The summed E-state index contributed by atoms with van der Waals surface area (Å²) in [4.78, 5) is 19.0. The summed E-state index contributed by atoms with van der Waals surface area (Å²) >= 11 is 0. The van der Waals surface area contributed by atoms with Crippen LogP contribution in [0.25, 0.3) is 10.9 Å². The zero-order valence-electron chi connectivity index (χ0n) is 14.8. The molecule has 0 saturated carbocycles. The number of carbonyl (C=O) groups is 1. The van der Waals surface area contributed by atoms with Crippen molar-refractivity contribution in [2.24, 2.45) is 5.92 Å². The van der Waals surface area contributed by atoms with Crippen LogP contribution < -0.4 is 0 Å². The number of nitrogens with zero attached hydrogens (tertiary/aromatic N) is 3. The van der Waals surface area contributed by atoms with Crippen LogP contribution in [0, 0.1) is 5.92 Å². The first-order chi connectivity index (χ1) is 12.1. The topological polar surface area (TPSA) is 38.1 Å². The van der Waals surface area contributed by atoms with Crippen molar-refractivity contribution in [2.45, 2.75) is 33.4 Å². The van der Waals surface area contributed by atoms with Crippen molar-refractivity contribution < 1.29 is 4.79 Å². The van der Waals surface area contributed by atoms with E-state index in [1.807, 2.05) is 17.0 Å². The highest BCUT2D eigenvalue weighted by molar-refractivity contribution is 5.93. The molecule has 0 atom stereocenters. The van der Waals surface area contributed by atoms with Crippen LogP contribution in [-0.2, 0) is 19.5 Å². The molecule has 25 heavy (non-hydrogen) atoms. The van der Waals surface area contributed by atoms with E-state index >= 15 is 0 Å². The van der Waals surface area contributed by atoms with Crippen molar-refractivity contribution >= 4 is 16.8 Å². The molecule has 0 bridgehead atoms. The smallest absolute Gasteiger partial charge is 0.272 e. The van der Waals surface area contributed by atoms with E-state index in [9.17, 15) is 4.79 Å². The van der Waals surface area contributed by atoms with E-state index in [1.165, 1.54) is 22.0 Å². The quantitative estimate of drug-likeness (QED) is 0.729. The van der Waals surface area contributed by atoms with Crippen molar-refractivity contribution in [1.82, 2.24) is 14.5 Å². The van der Waals surface area contributed by atoms with E-state index in [2.05, 4.69) is 47.8 Å². The first-order valence-corrected chi connectivity index (χ1v) is 8.93. The van der Waals surface area contributed by atoms with Gasteiger partial charge < -0.3 is 9.47 Å². The minimum Gasteiger partial charge on any atom is -0.347 e. The number of pyridine rings is 1. The summed E-state index contributed by atoms with van der Waals surface area (Å²) in [5, 5.41) is 1.33. The van der Waals surface area contributed by atoms with E-state index in [4.69, 9.17) is 0 Å². The summed E-state index contributed by atoms with van der Waals surface area (Å²) in [5.74, 6) is 0.620. The van der Waals surface area contributed by atoms with Gasteiger partial charge in [-0.15, -0.1) is 0 Å². The van der Waals surface area contributed by atoms with E-state index < -0.39 is 0 Å². The molecule has 4 rings (SSSR count). The number of rotatable bonds is 3. The largest absolute Gasteiger partial charge is 0.347 e. The van der Waals surface area contributed by atoms with Gasteiger partial charge >= 0.3 is 0 Å². The average molecular weight is 333 g/mol. The highest BCUT2D eigenvalue weighted by Crippen LogP contribution is 2.30. The predicted molar refractivity (Wildman–Crippen MR) is 99.5 cm³/mol. The van der Waals surface area contributed by atoms with Gasteiger partial charge in [0, 0.05) is 42.9 Å². The molecule has 0 aliphatic carbocycles. The van der Waals surface area contributed by atoms with E-state index in [-0.39, 0.29) is 5.91 Å². The van der Waals surface area contributed by atoms with Crippen LogP contribution >= 0.6 is 0 Å². The SMILES string of the molecule is CC(C)Cn1cc2c3c(cccc31)CN(C(=O)c1ccccn1)CC2. The molecule has 0 fully saturated rings. The molecule has 1 aliphatic rings. The van der Waals surface area contributed by atoms with E-state index in [0.29, 0.717) is 18.2 Å². The highest BCUT2D eigenvalue weighted by Gasteiger charge is 2.23. The number of amides is 1. The van der Waals surface area contributed by atoms with Gasteiger partial charge in [-0.05, 0) is 41.7 Å². The normalized spacial score (nSPS) is 14.1. The lowest BCUT2D eigenvalue weighted by Crippen LogP contribution is -2.32. The van der Waals surface area contributed by atoms with Crippen molar-refractivity contribution in [1.29, 1.82) is 0 Å². The van der Waals surface area contributed by atoms with Crippen molar-refractivity contribution in [2.75, 3.05) is 6.54 Å². The predicted octanol–water partition coefficient (Wildman–Crippen LogP) is 3.89. The summed E-state index contributed by atoms with van der Waals surface area (Å²) in [7, 11) is 0. The van der Waals surface area contributed by atoms with Gasteiger partial charge in [0.25, 0.3) is 5.91 Å². The van der Waals surface area contributed by atoms with Gasteiger partial charge in [0.1, 0.15) is 5.69 Å². The third-order valence-corrected chi connectivity index (χ3v) is 4.82. The standard InChI is InChI=1S/C21H23N3O/c1-15(2)12-24-14-17-9-11-23(21(25)18-7-3-4-10-22-18)13-16-6-5-8-19(24)20(16)17/h3-8,10,14-15H,9,11-13H2,1-2H3. The second kappa shape index (κ2) is 6.36. The Balaban J connectivity index is 1.70. The maximum Gasteiger partial charge on any atom is 0.272 e. The maximum atomic E-state index is 12.8. The number of hydrogen-bond donors (Lipinski definition) is 0. The Morgan fingerprint density at radius 1 is 1.16 bits per heavy atom. The molecule has 4 nitrogen and oxygen atoms in total. The molecule has 0 spiro atoms. The Labute approximate surface area is 148 Å². The summed E-state index contributed by atoms with van der Waals surface area (Å²) in [6.07, 6.45) is 4.84. The molecule has 0 saturated heterocycles. The Hall–Kier alpha value is -2.62. The van der Waals surface area contributed by atoms with Crippen LogP contribution in [0.1, 0.15) is 35.5 Å². The molecule has 1 aliphatic heterocycles. The van der Waals surface area contributed by atoms with Gasteiger partial charge in [-0.3, -0.25) is 9.78 Å². The molecule has 1 aromatic carbocycles. The summed E-state index contributed by atoms with van der Waals surface area (Å²) in [6, 6.07) is 11.9. The Kier molecular flexibility index (Phi) is 4.04.